The molecule has 1 aliphatic heterocycles. The van der Waals surface area contributed by atoms with Gasteiger partial charge in [-0.25, -0.2) is 4.39 Å². The predicted molar refractivity (Wildman–Crippen MR) is 103 cm³/mol. The third-order valence-corrected chi connectivity index (χ3v) is 5.06. The van der Waals surface area contributed by atoms with Crippen molar-refractivity contribution in [1.82, 2.24) is 9.80 Å². The first kappa shape index (κ1) is 18.5. The van der Waals surface area contributed by atoms with Crippen molar-refractivity contribution >= 4 is 11.6 Å². The lowest BCUT2D eigenvalue weighted by Crippen LogP contribution is -2.48. The minimum absolute atomic E-state index is 0.0150. The summed E-state index contributed by atoms with van der Waals surface area (Å²) in [6, 6.07) is 12.9. The molecule has 3 rings (SSSR count). The second kappa shape index (κ2) is 8.43. The Bertz CT molecular complexity index is 770. The van der Waals surface area contributed by atoms with E-state index in [2.05, 4.69) is 15.1 Å². The van der Waals surface area contributed by atoms with Crippen LogP contribution in [0.2, 0.25) is 0 Å². The van der Waals surface area contributed by atoms with Crippen LogP contribution >= 0.6 is 0 Å². The van der Waals surface area contributed by atoms with Crippen LogP contribution in [0.3, 0.4) is 0 Å². The third-order valence-electron chi connectivity index (χ3n) is 5.06. The molecule has 26 heavy (non-hydrogen) atoms. The zero-order chi connectivity index (χ0) is 18.5. The fraction of sp³-hybridized carbons (Fsp3) is 0.381. The molecule has 0 radical (unpaired) electrons. The summed E-state index contributed by atoms with van der Waals surface area (Å²) >= 11 is 0. The Hall–Kier alpha value is -2.24. The van der Waals surface area contributed by atoms with Gasteiger partial charge in [-0.15, -0.1) is 0 Å². The molecule has 1 heterocycles. The molecule has 1 amide bonds. The molecule has 5 heteroatoms. The van der Waals surface area contributed by atoms with Crippen molar-refractivity contribution in [2.45, 2.75) is 20.4 Å². The lowest BCUT2D eigenvalue weighted by Gasteiger charge is -2.34. The number of benzene rings is 2. The van der Waals surface area contributed by atoms with E-state index in [9.17, 15) is 9.18 Å². The molecule has 1 fully saturated rings. The number of amides is 1. The topological polar surface area (TPSA) is 35.6 Å². The summed E-state index contributed by atoms with van der Waals surface area (Å²) in [4.78, 5) is 16.7. The number of piperazine rings is 1. The van der Waals surface area contributed by atoms with Crippen LogP contribution in [0.4, 0.5) is 10.1 Å². The van der Waals surface area contributed by atoms with E-state index in [0.717, 1.165) is 43.0 Å². The predicted octanol–water partition coefficient (Wildman–Crippen LogP) is 3.20. The number of halogens is 1. The van der Waals surface area contributed by atoms with E-state index >= 15 is 0 Å². The lowest BCUT2D eigenvalue weighted by atomic mass is 10.1. The maximum Gasteiger partial charge on any atom is 0.238 e. The van der Waals surface area contributed by atoms with E-state index in [1.54, 1.807) is 6.07 Å². The summed E-state index contributed by atoms with van der Waals surface area (Å²) in [5.41, 5.74) is 3.89. The van der Waals surface area contributed by atoms with Gasteiger partial charge in [-0.3, -0.25) is 14.6 Å². The van der Waals surface area contributed by atoms with Gasteiger partial charge in [0.2, 0.25) is 5.91 Å². The average molecular weight is 355 g/mol. The standard InChI is InChI=1S/C21H26FN3O/c1-16-6-5-9-20(17(16)2)23-21(26)15-25-12-10-24(11-13-25)14-18-7-3-4-8-19(18)22/h3-9H,10-15H2,1-2H3,(H,23,26). The molecule has 1 aliphatic rings. The highest BCUT2D eigenvalue weighted by Crippen LogP contribution is 2.18. The Morgan fingerprint density at radius 3 is 2.42 bits per heavy atom. The monoisotopic (exact) mass is 355 g/mol. The Labute approximate surface area is 154 Å². The maximum atomic E-state index is 13.8. The van der Waals surface area contributed by atoms with Gasteiger partial charge in [0, 0.05) is 44.0 Å². The number of nitrogens with zero attached hydrogens (tertiary/aromatic N) is 2. The number of anilines is 1. The Kier molecular flexibility index (Phi) is 6.01. The van der Waals surface area contributed by atoms with Crippen molar-refractivity contribution in [2.75, 3.05) is 38.0 Å². The second-order valence-corrected chi connectivity index (χ2v) is 6.94. The Morgan fingerprint density at radius 1 is 1.00 bits per heavy atom. The largest absolute Gasteiger partial charge is 0.325 e. The summed E-state index contributed by atoms with van der Waals surface area (Å²) < 4.78 is 13.8. The Balaban J connectivity index is 1.47. The number of rotatable bonds is 5. The smallest absolute Gasteiger partial charge is 0.238 e. The van der Waals surface area contributed by atoms with Crippen LogP contribution in [0.1, 0.15) is 16.7 Å². The quantitative estimate of drug-likeness (QED) is 0.895. The highest BCUT2D eigenvalue weighted by molar-refractivity contribution is 5.93. The molecule has 138 valence electrons. The van der Waals surface area contributed by atoms with E-state index in [1.165, 1.54) is 11.6 Å². The molecule has 4 nitrogen and oxygen atoms in total. The molecule has 0 spiro atoms. The third kappa shape index (κ3) is 4.68. The zero-order valence-electron chi connectivity index (χ0n) is 15.5. The molecule has 0 bridgehead atoms. The second-order valence-electron chi connectivity index (χ2n) is 6.94. The highest BCUT2D eigenvalue weighted by atomic mass is 19.1. The molecule has 0 aromatic heterocycles. The molecular formula is C21H26FN3O. The molecule has 0 saturated carbocycles. The summed E-state index contributed by atoms with van der Waals surface area (Å²) in [5.74, 6) is -0.135. The number of hydrogen-bond acceptors (Lipinski definition) is 3. The first-order valence-electron chi connectivity index (χ1n) is 9.07. The van der Waals surface area contributed by atoms with E-state index in [4.69, 9.17) is 0 Å². The van der Waals surface area contributed by atoms with Crippen molar-refractivity contribution in [3.05, 3.63) is 65.0 Å². The van der Waals surface area contributed by atoms with Gasteiger partial charge >= 0.3 is 0 Å². The van der Waals surface area contributed by atoms with Crippen molar-refractivity contribution < 1.29 is 9.18 Å². The number of carbonyl (C=O) groups is 1. The van der Waals surface area contributed by atoms with E-state index in [-0.39, 0.29) is 11.7 Å². The number of nitrogens with one attached hydrogen (secondary N) is 1. The van der Waals surface area contributed by atoms with Crippen LogP contribution in [0.5, 0.6) is 0 Å². The van der Waals surface area contributed by atoms with Crippen molar-refractivity contribution in [3.8, 4) is 0 Å². The van der Waals surface area contributed by atoms with Gasteiger partial charge in [-0.1, -0.05) is 30.3 Å². The number of carbonyl (C=O) groups excluding carboxylic acids is 1. The molecular weight excluding hydrogens is 329 g/mol. The van der Waals surface area contributed by atoms with Crippen LogP contribution in [0, 0.1) is 19.7 Å². The van der Waals surface area contributed by atoms with Gasteiger partial charge in [0.15, 0.2) is 0 Å². The molecule has 0 aliphatic carbocycles. The van der Waals surface area contributed by atoms with Gasteiger partial charge in [0.05, 0.1) is 6.54 Å². The fourth-order valence-corrected chi connectivity index (χ4v) is 3.25. The SMILES string of the molecule is Cc1cccc(NC(=O)CN2CCN(Cc3ccccc3F)CC2)c1C. The van der Waals surface area contributed by atoms with Crippen LogP contribution in [0.15, 0.2) is 42.5 Å². The van der Waals surface area contributed by atoms with Gasteiger partial charge in [-0.2, -0.15) is 0 Å². The molecule has 0 unspecified atom stereocenters. The van der Waals surface area contributed by atoms with Crippen molar-refractivity contribution in [1.29, 1.82) is 0 Å². The van der Waals surface area contributed by atoms with Gasteiger partial charge in [0.1, 0.15) is 5.82 Å². The van der Waals surface area contributed by atoms with Gasteiger partial charge < -0.3 is 5.32 Å². The van der Waals surface area contributed by atoms with Crippen LogP contribution in [-0.2, 0) is 11.3 Å². The van der Waals surface area contributed by atoms with Crippen LogP contribution in [0.25, 0.3) is 0 Å². The lowest BCUT2D eigenvalue weighted by molar-refractivity contribution is -0.117. The number of aryl methyl sites for hydroxylation is 1. The molecule has 0 atom stereocenters. The van der Waals surface area contributed by atoms with E-state index in [0.29, 0.717) is 13.1 Å². The number of hydrogen-bond donors (Lipinski definition) is 1. The van der Waals surface area contributed by atoms with Crippen molar-refractivity contribution in [3.63, 3.8) is 0 Å². The first-order chi connectivity index (χ1) is 12.5. The highest BCUT2D eigenvalue weighted by Gasteiger charge is 2.20. The summed E-state index contributed by atoms with van der Waals surface area (Å²) in [6.45, 7) is 8.38. The molecule has 1 saturated heterocycles. The normalized spacial score (nSPS) is 15.8. The zero-order valence-corrected chi connectivity index (χ0v) is 15.5. The van der Waals surface area contributed by atoms with Crippen LogP contribution < -0.4 is 5.32 Å². The van der Waals surface area contributed by atoms with E-state index in [1.807, 2.05) is 44.2 Å². The van der Waals surface area contributed by atoms with Crippen LogP contribution in [-0.4, -0.2) is 48.4 Å². The van der Waals surface area contributed by atoms with Crippen molar-refractivity contribution in [2.24, 2.45) is 0 Å². The maximum absolute atomic E-state index is 13.8. The molecule has 1 N–H and O–H groups in total. The Morgan fingerprint density at radius 2 is 1.69 bits per heavy atom. The summed E-state index contributed by atoms with van der Waals surface area (Å²) in [6.07, 6.45) is 0. The fourth-order valence-electron chi connectivity index (χ4n) is 3.25. The van der Waals surface area contributed by atoms with Gasteiger partial charge in [0.25, 0.3) is 0 Å². The van der Waals surface area contributed by atoms with E-state index < -0.39 is 0 Å². The summed E-state index contributed by atoms with van der Waals surface area (Å²) in [7, 11) is 0. The van der Waals surface area contributed by atoms with Gasteiger partial charge in [-0.05, 0) is 37.1 Å². The first-order valence-corrected chi connectivity index (χ1v) is 9.07. The minimum Gasteiger partial charge on any atom is -0.325 e. The summed E-state index contributed by atoms with van der Waals surface area (Å²) in [5, 5.41) is 3.01. The minimum atomic E-state index is -0.150. The molecule has 2 aromatic rings. The molecule has 2 aromatic carbocycles. The average Bonchev–Trinajstić information content (AvgIpc) is 2.62.